The molecule has 0 aromatic heterocycles. The number of carbonyl (C=O) groups excluding carboxylic acids is 1. The maximum atomic E-state index is 12.3. The first-order valence-corrected chi connectivity index (χ1v) is 2.84. The minimum absolute atomic E-state index is 3.11. The van der Waals surface area contributed by atoms with E-state index in [1.165, 1.54) is 0 Å². The van der Waals surface area contributed by atoms with Gasteiger partial charge in [-0.25, -0.2) is 4.39 Å². The molecule has 0 aromatic rings. The van der Waals surface area contributed by atoms with E-state index in [1.54, 1.807) is 0 Å². The van der Waals surface area contributed by atoms with E-state index in [9.17, 15) is 44.5 Å². The Balaban J connectivity index is 5.54. The van der Waals surface area contributed by atoms with Gasteiger partial charge in [0.15, 0.2) is 0 Å². The molecule has 1 amide bonds. The van der Waals surface area contributed by atoms with Crippen molar-refractivity contribution in [2.75, 3.05) is 0 Å². The fourth-order valence-electron chi connectivity index (χ4n) is 0.520. The molecule has 0 saturated carbocycles. The quantitative estimate of drug-likeness (QED) is 0.516. The van der Waals surface area contributed by atoms with E-state index < -0.39 is 29.3 Å². The van der Waals surface area contributed by atoms with E-state index in [2.05, 4.69) is 0 Å². The van der Waals surface area contributed by atoms with E-state index in [1.807, 2.05) is 0 Å². The predicted molar refractivity (Wildman–Crippen MR) is 25.0 cm³/mol. The average molecular weight is 249 g/mol. The molecule has 0 unspecified atom stereocenters. The first-order chi connectivity index (χ1) is 6.35. The summed E-state index contributed by atoms with van der Waals surface area (Å²) in [5, 5.41) is -3.11. The van der Waals surface area contributed by atoms with Crippen LogP contribution in [0.1, 0.15) is 0 Å². The number of nitrogens with zero attached hydrogens (tertiary/aromatic N) is 1. The summed E-state index contributed by atoms with van der Waals surface area (Å²) in [6, 6.07) is 0. The largest absolute Gasteiger partial charge is 0.441 e. The van der Waals surface area contributed by atoms with E-state index >= 15 is 0 Å². The van der Waals surface area contributed by atoms with Crippen molar-refractivity contribution in [3.05, 3.63) is 0 Å². The van der Waals surface area contributed by atoms with Crippen molar-refractivity contribution in [1.82, 2.24) is 5.34 Å². The van der Waals surface area contributed by atoms with Crippen LogP contribution >= 0.6 is 0 Å². The van der Waals surface area contributed by atoms with Gasteiger partial charge in [-0.2, -0.15) is 26.3 Å². The zero-order chi connectivity index (χ0) is 12.7. The molecule has 11 heteroatoms. The fraction of sp³-hybridized carbons (Fsp3) is 0.750. The summed E-state index contributed by atoms with van der Waals surface area (Å²) < 4.78 is 104. The Kier molecular flexibility index (Phi) is 3.18. The third kappa shape index (κ3) is 2.09. The van der Waals surface area contributed by atoms with Crippen molar-refractivity contribution in [3.63, 3.8) is 0 Å². The molecule has 0 saturated heterocycles. The number of carbonyl (C=O) groups is 1. The van der Waals surface area contributed by atoms with E-state index in [0.29, 0.717) is 0 Å². The molecule has 2 nitrogen and oxygen atoms in total. The van der Waals surface area contributed by atoms with Gasteiger partial charge in [-0.1, -0.05) is 8.96 Å². The summed E-state index contributed by atoms with van der Waals surface area (Å²) in [5.74, 6) is -4.04. The van der Waals surface area contributed by atoms with Gasteiger partial charge in [0.25, 0.3) is 0 Å². The van der Waals surface area contributed by atoms with Crippen LogP contribution < -0.4 is 0 Å². The van der Waals surface area contributed by atoms with Crippen molar-refractivity contribution in [1.29, 1.82) is 0 Å². The number of hydrogen-bond acceptors (Lipinski definition) is 1. The Morgan fingerprint density at radius 3 is 1.13 bits per heavy atom. The van der Waals surface area contributed by atoms with Crippen molar-refractivity contribution in [2.45, 2.75) is 18.0 Å². The summed E-state index contributed by atoms with van der Waals surface area (Å²) in [4.78, 5) is 9.82. The third-order valence-corrected chi connectivity index (χ3v) is 1.23. The normalized spacial score (nSPS) is 13.9. The Bertz CT molecular complexity index is 238. The molecule has 0 fully saturated rings. The molecule has 0 aliphatic rings. The van der Waals surface area contributed by atoms with Gasteiger partial charge >= 0.3 is 23.9 Å². The Morgan fingerprint density at radius 1 is 0.800 bits per heavy atom. The zero-order valence-electron chi connectivity index (χ0n) is 6.26. The van der Waals surface area contributed by atoms with Gasteiger partial charge < -0.3 is 0 Å². The minimum atomic E-state index is -6.82. The van der Waals surface area contributed by atoms with Gasteiger partial charge in [0.2, 0.25) is 0 Å². The molecule has 0 atom stereocenters. The SMILES string of the molecule is O=C(N(F)F)C(F)(C(F)(F)F)C(F)(F)F. The highest BCUT2D eigenvalue weighted by Crippen LogP contribution is 2.47. The van der Waals surface area contributed by atoms with E-state index in [-0.39, 0.29) is 0 Å². The van der Waals surface area contributed by atoms with Crippen LogP contribution in [0.25, 0.3) is 0 Å². The topological polar surface area (TPSA) is 20.3 Å². The molecule has 0 aromatic carbocycles. The van der Waals surface area contributed by atoms with Gasteiger partial charge in [-0.05, 0) is 0 Å². The van der Waals surface area contributed by atoms with Gasteiger partial charge in [0.1, 0.15) is 0 Å². The standard InChI is InChI=1S/C4F9NO/c5-2(3(6,7)8,4(9,10)11)1(15)14(12)13. The summed E-state index contributed by atoms with van der Waals surface area (Å²) >= 11 is 0. The number of alkyl halides is 7. The number of rotatable bonds is 1. The van der Waals surface area contributed by atoms with Gasteiger partial charge in [-0.3, -0.25) is 4.79 Å². The molecular weight excluding hydrogens is 249 g/mol. The molecule has 0 N–H and O–H groups in total. The highest BCUT2D eigenvalue weighted by molar-refractivity contribution is 5.85. The number of hydrogen-bond donors (Lipinski definition) is 0. The number of halogens is 9. The average Bonchev–Trinajstić information content (AvgIpc) is 1.96. The van der Waals surface area contributed by atoms with Gasteiger partial charge in [0, 0.05) is 5.34 Å². The first kappa shape index (κ1) is 13.8. The summed E-state index contributed by atoms with van der Waals surface area (Å²) in [7, 11) is 0. The lowest BCUT2D eigenvalue weighted by molar-refractivity contribution is -0.338. The molecular formula is C4F9NO. The van der Waals surface area contributed by atoms with Crippen LogP contribution in [0.15, 0.2) is 0 Å². The molecule has 90 valence electrons. The van der Waals surface area contributed by atoms with Crippen LogP contribution in [0, 0.1) is 0 Å². The Hall–Kier alpha value is -1.16. The lowest BCUT2D eigenvalue weighted by Crippen LogP contribution is -2.61. The zero-order valence-corrected chi connectivity index (χ0v) is 6.26. The monoisotopic (exact) mass is 249 g/mol. The second-order valence-electron chi connectivity index (χ2n) is 2.19. The van der Waals surface area contributed by atoms with Crippen LogP contribution in [-0.4, -0.2) is 29.3 Å². The first-order valence-electron chi connectivity index (χ1n) is 2.84. The van der Waals surface area contributed by atoms with Crippen molar-refractivity contribution >= 4 is 5.91 Å². The highest BCUT2D eigenvalue weighted by atomic mass is 19.4. The summed E-state index contributed by atoms with van der Waals surface area (Å²) in [5.41, 5.74) is -6.61. The van der Waals surface area contributed by atoms with Crippen LogP contribution in [0.5, 0.6) is 0 Å². The lowest BCUT2D eigenvalue weighted by atomic mass is 10.1. The smallest absolute Gasteiger partial charge is 0.265 e. The van der Waals surface area contributed by atoms with Crippen molar-refractivity contribution < 1.29 is 44.5 Å². The molecule has 15 heavy (non-hydrogen) atoms. The fourth-order valence-corrected chi connectivity index (χ4v) is 0.520. The molecule has 0 rings (SSSR count). The maximum Gasteiger partial charge on any atom is 0.441 e. The van der Waals surface area contributed by atoms with Crippen LogP contribution in [0.2, 0.25) is 0 Å². The molecule has 0 aliphatic carbocycles. The maximum absolute atomic E-state index is 12.3. The summed E-state index contributed by atoms with van der Waals surface area (Å²) in [6.07, 6.45) is -13.6. The predicted octanol–water partition coefficient (Wildman–Crippen LogP) is 2.42. The van der Waals surface area contributed by atoms with Crippen LogP contribution in [0.3, 0.4) is 0 Å². The second kappa shape index (κ2) is 3.45. The van der Waals surface area contributed by atoms with Gasteiger partial charge in [-0.15, -0.1) is 0 Å². The minimum Gasteiger partial charge on any atom is -0.265 e. The van der Waals surface area contributed by atoms with Crippen LogP contribution in [-0.2, 0) is 4.79 Å². The second-order valence-corrected chi connectivity index (χ2v) is 2.19. The molecule has 0 radical (unpaired) electrons. The van der Waals surface area contributed by atoms with E-state index in [4.69, 9.17) is 0 Å². The highest BCUT2D eigenvalue weighted by Gasteiger charge is 2.79. The van der Waals surface area contributed by atoms with Crippen LogP contribution in [0.4, 0.5) is 39.7 Å². The Labute approximate surface area is 75.1 Å². The third-order valence-electron chi connectivity index (χ3n) is 1.23. The molecule has 0 aliphatic heterocycles. The number of amides is 1. The molecule has 0 spiro atoms. The van der Waals surface area contributed by atoms with Crippen molar-refractivity contribution in [3.8, 4) is 0 Å². The Morgan fingerprint density at radius 2 is 1.07 bits per heavy atom. The summed E-state index contributed by atoms with van der Waals surface area (Å²) in [6.45, 7) is 0. The lowest BCUT2D eigenvalue weighted by Gasteiger charge is -2.27. The van der Waals surface area contributed by atoms with E-state index in [0.717, 1.165) is 0 Å². The van der Waals surface area contributed by atoms with Gasteiger partial charge in [0.05, 0.1) is 0 Å². The van der Waals surface area contributed by atoms with Crippen molar-refractivity contribution in [2.24, 2.45) is 0 Å². The molecule has 0 heterocycles. The molecule has 0 bridgehead atoms.